The molecular formula is C14H10F3IN2O. The molecule has 0 aromatic heterocycles. The first-order valence-corrected chi connectivity index (χ1v) is 6.94. The van der Waals surface area contributed by atoms with Crippen molar-refractivity contribution >= 4 is 39.9 Å². The topological polar surface area (TPSA) is 41.1 Å². The zero-order valence-electron chi connectivity index (χ0n) is 10.8. The number of rotatable bonds is 3. The Morgan fingerprint density at radius 3 is 2.43 bits per heavy atom. The molecule has 2 N–H and O–H groups in total. The fraction of sp³-hybridized carbons (Fsp3) is 0.0714. The van der Waals surface area contributed by atoms with E-state index in [2.05, 4.69) is 10.6 Å². The lowest BCUT2D eigenvalue weighted by atomic mass is 10.1. The van der Waals surface area contributed by atoms with Gasteiger partial charge in [0.25, 0.3) is 5.91 Å². The molecule has 0 radical (unpaired) electrons. The van der Waals surface area contributed by atoms with Gasteiger partial charge in [0.05, 0.1) is 16.9 Å². The van der Waals surface area contributed by atoms with Gasteiger partial charge in [-0.1, -0.05) is 0 Å². The average molecular weight is 406 g/mol. The lowest BCUT2D eigenvalue weighted by molar-refractivity contribution is 0.0963. The van der Waals surface area contributed by atoms with E-state index in [1.54, 1.807) is 6.07 Å². The van der Waals surface area contributed by atoms with Gasteiger partial charge in [-0.15, -0.1) is 0 Å². The predicted octanol–water partition coefficient (Wildman–Crippen LogP) is 3.81. The quantitative estimate of drug-likeness (QED) is 0.762. The summed E-state index contributed by atoms with van der Waals surface area (Å²) >= 11 is 1.92. The first-order valence-electron chi connectivity index (χ1n) is 5.86. The third-order valence-electron chi connectivity index (χ3n) is 2.76. The van der Waals surface area contributed by atoms with Gasteiger partial charge in [0, 0.05) is 10.6 Å². The van der Waals surface area contributed by atoms with Gasteiger partial charge in [-0.2, -0.15) is 0 Å². The number of carbonyl (C=O) groups is 1. The van der Waals surface area contributed by atoms with Crippen LogP contribution >= 0.6 is 22.6 Å². The molecule has 0 bridgehead atoms. The van der Waals surface area contributed by atoms with Crippen molar-refractivity contribution in [2.45, 2.75) is 0 Å². The second-order valence-corrected chi connectivity index (χ2v) is 5.36. The number of halogens is 4. The summed E-state index contributed by atoms with van der Waals surface area (Å²) in [6.07, 6.45) is 0. The zero-order chi connectivity index (χ0) is 15.6. The summed E-state index contributed by atoms with van der Waals surface area (Å²) in [4.78, 5) is 11.7. The van der Waals surface area contributed by atoms with Crippen molar-refractivity contribution in [2.75, 3.05) is 12.4 Å². The van der Waals surface area contributed by atoms with E-state index in [4.69, 9.17) is 0 Å². The Labute approximate surface area is 132 Å². The number of carbonyl (C=O) groups excluding carboxylic acids is 1. The third kappa shape index (κ3) is 3.29. The lowest BCUT2D eigenvalue weighted by Gasteiger charge is -2.13. The largest absolute Gasteiger partial charge is 0.355 e. The minimum absolute atomic E-state index is 0.0509. The summed E-state index contributed by atoms with van der Waals surface area (Å²) in [6.45, 7) is 0. The van der Waals surface area contributed by atoms with Crippen molar-refractivity contribution in [2.24, 2.45) is 0 Å². The Balaban J connectivity index is 2.51. The van der Waals surface area contributed by atoms with Gasteiger partial charge in [0.15, 0.2) is 11.6 Å². The van der Waals surface area contributed by atoms with Crippen molar-refractivity contribution in [1.29, 1.82) is 0 Å². The lowest BCUT2D eigenvalue weighted by Crippen LogP contribution is -2.20. The van der Waals surface area contributed by atoms with Crippen LogP contribution in [-0.4, -0.2) is 13.0 Å². The number of hydrogen-bond donors (Lipinski definition) is 2. The van der Waals surface area contributed by atoms with Crippen LogP contribution in [0.4, 0.5) is 24.5 Å². The Kier molecular flexibility index (Phi) is 4.71. The summed E-state index contributed by atoms with van der Waals surface area (Å²) in [7, 11) is 1.36. The fourth-order valence-corrected chi connectivity index (χ4v) is 2.18. The van der Waals surface area contributed by atoms with Crippen LogP contribution in [0.15, 0.2) is 30.3 Å². The normalized spacial score (nSPS) is 10.3. The molecule has 0 atom stereocenters. The Hall–Kier alpha value is -1.77. The van der Waals surface area contributed by atoms with Gasteiger partial charge in [0.1, 0.15) is 5.82 Å². The maximum Gasteiger partial charge on any atom is 0.253 e. The van der Waals surface area contributed by atoms with Crippen LogP contribution in [0, 0.1) is 21.0 Å². The Bertz CT molecular complexity index is 707. The predicted molar refractivity (Wildman–Crippen MR) is 82.1 cm³/mol. The molecule has 2 aromatic carbocycles. The molecule has 0 fully saturated rings. The molecule has 3 nitrogen and oxygen atoms in total. The summed E-state index contributed by atoms with van der Waals surface area (Å²) in [6, 6.07) is 6.19. The summed E-state index contributed by atoms with van der Waals surface area (Å²) < 4.78 is 41.7. The highest BCUT2D eigenvalue weighted by Crippen LogP contribution is 2.28. The van der Waals surface area contributed by atoms with Crippen LogP contribution in [0.25, 0.3) is 0 Å². The number of benzene rings is 2. The average Bonchev–Trinajstić information content (AvgIpc) is 2.45. The molecule has 0 aliphatic heterocycles. The molecule has 0 unspecified atom stereocenters. The molecule has 0 aliphatic carbocycles. The van der Waals surface area contributed by atoms with Gasteiger partial charge in [-0.05, 0) is 52.9 Å². The second kappa shape index (κ2) is 6.33. The maximum atomic E-state index is 13.9. The van der Waals surface area contributed by atoms with Gasteiger partial charge < -0.3 is 10.6 Å². The summed E-state index contributed by atoms with van der Waals surface area (Å²) in [5, 5.41) is 4.75. The molecule has 110 valence electrons. The molecule has 0 aliphatic rings. The first kappa shape index (κ1) is 15.6. The van der Waals surface area contributed by atoms with E-state index >= 15 is 0 Å². The molecule has 2 rings (SSSR count). The summed E-state index contributed by atoms with van der Waals surface area (Å²) in [5.74, 6) is -3.61. The van der Waals surface area contributed by atoms with Crippen LogP contribution in [0.3, 0.4) is 0 Å². The molecule has 0 saturated carbocycles. The van der Waals surface area contributed by atoms with Crippen LogP contribution in [0.2, 0.25) is 0 Å². The van der Waals surface area contributed by atoms with E-state index in [0.717, 1.165) is 12.1 Å². The standard InChI is InChI=1S/C14H10F3IN2O/c1-19-14(21)8-3-4-9(15)12(17)13(8)20-11-5-2-7(18)6-10(11)16/h2-6,20H,1H3,(H,19,21). The molecule has 0 heterocycles. The Morgan fingerprint density at radius 2 is 1.81 bits per heavy atom. The van der Waals surface area contributed by atoms with E-state index in [-0.39, 0.29) is 11.3 Å². The molecule has 1 amide bonds. The van der Waals surface area contributed by atoms with Crippen molar-refractivity contribution < 1.29 is 18.0 Å². The number of nitrogens with one attached hydrogen (secondary N) is 2. The third-order valence-corrected chi connectivity index (χ3v) is 3.43. The number of amides is 1. The molecule has 0 spiro atoms. The highest BCUT2D eigenvalue weighted by molar-refractivity contribution is 14.1. The van der Waals surface area contributed by atoms with Gasteiger partial charge >= 0.3 is 0 Å². The van der Waals surface area contributed by atoms with Crippen LogP contribution in [0.1, 0.15) is 10.4 Å². The van der Waals surface area contributed by atoms with E-state index in [1.165, 1.54) is 19.2 Å². The van der Waals surface area contributed by atoms with Gasteiger partial charge in [0.2, 0.25) is 0 Å². The Morgan fingerprint density at radius 1 is 1.10 bits per heavy atom. The molecular weight excluding hydrogens is 396 g/mol. The van der Waals surface area contributed by atoms with Crippen molar-refractivity contribution in [3.63, 3.8) is 0 Å². The van der Waals surface area contributed by atoms with E-state index in [0.29, 0.717) is 3.57 Å². The fourth-order valence-electron chi connectivity index (χ4n) is 1.72. The van der Waals surface area contributed by atoms with E-state index < -0.39 is 29.0 Å². The van der Waals surface area contributed by atoms with Crippen molar-refractivity contribution in [1.82, 2.24) is 5.32 Å². The minimum atomic E-state index is -1.24. The molecule has 0 saturated heterocycles. The second-order valence-electron chi connectivity index (χ2n) is 4.11. The highest BCUT2D eigenvalue weighted by Gasteiger charge is 2.19. The highest BCUT2D eigenvalue weighted by atomic mass is 127. The molecule has 2 aromatic rings. The monoisotopic (exact) mass is 406 g/mol. The van der Waals surface area contributed by atoms with Gasteiger partial charge in [-0.25, -0.2) is 13.2 Å². The smallest absolute Gasteiger partial charge is 0.253 e. The first-order chi connectivity index (χ1) is 9.93. The van der Waals surface area contributed by atoms with Crippen molar-refractivity contribution in [3.8, 4) is 0 Å². The SMILES string of the molecule is CNC(=O)c1ccc(F)c(F)c1Nc1ccc(I)cc1F. The van der Waals surface area contributed by atoms with Gasteiger partial charge in [-0.3, -0.25) is 4.79 Å². The van der Waals surface area contributed by atoms with E-state index in [9.17, 15) is 18.0 Å². The van der Waals surface area contributed by atoms with Crippen LogP contribution < -0.4 is 10.6 Å². The molecule has 21 heavy (non-hydrogen) atoms. The zero-order valence-corrected chi connectivity index (χ0v) is 13.0. The van der Waals surface area contributed by atoms with Crippen molar-refractivity contribution in [3.05, 3.63) is 56.9 Å². The van der Waals surface area contributed by atoms with Crippen LogP contribution in [0.5, 0.6) is 0 Å². The molecule has 7 heteroatoms. The maximum absolute atomic E-state index is 13.9. The number of anilines is 2. The number of hydrogen-bond acceptors (Lipinski definition) is 2. The van der Waals surface area contributed by atoms with E-state index in [1.807, 2.05) is 22.6 Å². The van der Waals surface area contributed by atoms with Crippen LogP contribution in [-0.2, 0) is 0 Å². The minimum Gasteiger partial charge on any atom is -0.355 e. The summed E-state index contributed by atoms with van der Waals surface area (Å²) in [5.41, 5.74) is -0.575.